The summed E-state index contributed by atoms with van der Waals surface area (Å²) in [5, 5.41) is 4.20. The van der Waals surface area contributed by atoms with Crippen molar-refractivity contribution in [2.24, 2.45) is 0 Å². The van der Waals surface area contributed by atoms with E-state index in [1.54, 1.807) is 12.3 Å². The molecule has 1 aromatic heterocycles. The van der Waals surface area contributed by atoms with Crippen LogP contribution < -0.4 is 0 Å². The molecule has 1 heterocycles. The van der Waals surface area contributed by atoms with Gasteiger partial charge < -0.3 is 0 Å². The van der Waals surface area contributed by atoms with E-state index in [0.717, 1.165) is 16.8 Å². The molecule has 2 nitrogen and oxygen atoms in total. The van der Waals surface area contributed by atoms with Gasteiger partial charge in [0.1, 0.15) is 5.82 Å². The minimum Gasteiger partial charge on any atom is -0.265 e. The van der Waals surface area contributed by atoms with Crippen LogP contribution in [0, 0.1) is 19.7 Å². The summed E-state index contributed by atoms with van der Waals surface area (Å²) in [6, 6.07) is 6.81. The Morgan fingerprint density at radius 2 is 2.07 bits per heavy atom. The molecule has 3 heteroatoms. The molecule has 0 saturated carbocycles. The van der Waals surface area contributed by atoms with Crippen LogP contribution in [0.1, 0.15) is 16.8 Å². The van der Waals surface area contributed by atoms with E-state index in [2.05, 4.69) is 5.10 Å². The Morgan fingerprint density at radius 3 is 2.67 bits per heavy atom. The SMILES string of the molecule is Cc1cc(F)ccc1Cn1nccc1C. The van der Waals surface area contributed by atoms with Gasteiger partial charge in [0.2, 0.25) is 0 Å². The Morgan fingerprint density at radius 1 is 1.27 bits per heavy atom. The quantitative estimate of drug-likeness (QED) is 0.735. The summed E-state index contributed by atoms with van der Waals surface area (Å²) in [6.45, 7) is 4.62. The van der Waals surface area contributed by atoms with Crippen molar-refractivity contribution in [3.63, 3.8) is 0 Å². The zero-order valence-corrected chi connectivity index (χ0v) is 8.87. The minimum absolute atomic E-state index is 0.187. The first-order valence-electron chi connectivity index (χ1n) is 4.90. The van der Waals surface area contributed by atoms with E-state index in [9.17, 15) is 4.39 Å². The number of nitrogens with zero attached hydrogens (tertiary/aromatic N) is 2. The third-order valence-electron chi connectivity index (χ3n) is 2.55. The highest BCUT2D eigenvalue weighted by Crippen LogP contribution is 2.12. The maximum atomic E-state index is 12.9. The standard InChI is InChI=1S/C12H13FN2/c1-9-7-12(13)4-3-11(9)8-15-10(2)5-6-14-15/h3-7H,8H2,1-2H3. The zero-order valence-electron chi connectivity index (χ0n) is 8.87. The van der Waals surface area contributed by atoms with Crippen LogP contribution in [0.4, 0.5) is 4.39 Å². The lowest BCUT2D eigenvalue weighted by Gasteiger charge is -2.07. The first-order valence-corrected chi connectivity index (χ1v) is 4.90. The Kier molecular flexibility index (Phi) is 2.54. The van der Waals surface area contributed by atoms with Gasteiger partial charge in [-0.05, 0) is 43.2 Å². The summed E-state index contributed by atoms with van der Waals surface area (Å²) in [4.78, 5) is 0. The van der Waals surface area contributed by atoms with E-state index in [0.29, 0.717) is 6.54 Å². The van der Waals surface area contributed by atoms with Crippen molar-refractivity contribution in [2.75, 3.05) is 0 Å². The second kappa shape index (κ2) is 3.85. The first kappa shape index (κ1) is 9.90. The third-order valence-corrected chi connectivity index (χ3v) is 2.55. The Hall–Kier alpha value is -1.64. The van der Waals surface area contributed by atoms with Crippen LogP contribution in [-0.2, 0) is 6.54 Å². The Balaban J connectivity index is 2.29. The van der Waals surface area contributed by atoms with E-state index in [1.165, 1.54) is 6.07 Å². The highest BCUT2D eigenvalue weighted by atomic mass is 19.1. The lowest BCUT2D eigenvalue weighted by atomic mass is 10.1. The summed E-state index contributed by atoms with van der Waals surface area (Å²) < 4.78 is 14.8. The Bertz CT molecular complexity index is 474. The Labute approximate surface area is 88.4 Å². The third kappa shape index (κ3) is 2.06. The van der Waals surface area contributed by atoms with Crippen molar-refractivity contribution < 1.29 is 4.39 Å². The van der Waals surface area contributed by atoms with Gasteiger partial charge in [-0.25, -0.2) is 4.39 Å². The average molecular weight is 204 g/mol. The average Bonchev–Trinajstić information content (AvgIpc) is 2.57. The zero-order chi connectivity index (χ0) is 10.8. The predicted molar refractivity (Wildman–Crippen MR) is 57.2 cm³/mol. The van der Waals surface area contributed by atoms with Crippen LogP contribution in [0.5, 0.6) is 0 Å². The van der Waals surface area contributed by atoms with Gasteiger partial charge in [0.15, 0.2) is 0 Å². The molecule has 0 aliphatic carbocycles. The minimum atomic E-state index is -0.187. The lowest BCUT2D eigenvalue weighted by Crippen LogP contribution is -2.05. The van der Waals surface area contributed by atoms with Crippen molar-refractivity contribution in [3.05, 3.63) is 53.1 Å². The lowest BCUT2D eigenvalue weighted by molar-refractivity contribution is 0.621. The summed E-state index contributed by atoms with van der Waals surface area (Å²) in [5.74, 6) is -0.187. The van der Waals surface area contributed by atoms with E-state index >= 15 is 0 Å². The normalized spacial score (nSPS) is 10.6. The number of hydrogen-bond donors (Lipinski definition) is 0. The molecule has 0 saturated heterocycles. The molecule has 2 aromatic rings. The smallest absolute Gasteiger partial charge is 0.123 e. The monoisotopic (exact) mass is 204 g/mol. The van der Waals surface area contributed by atoms with E-state index in [4.69, 9.17) is 0 Å². The molecule has 0 fully saturated rings. The van der Waals surface area contributed by atoms with Crippen LogP contribution in [0.25, 0.3) is 0 Å². The van der Waals surface area contributed by atoms with Crippen LogP contribution in [0.2, 0.25) is 0 Å². The molecular formula is C12H13FN2. The molecule has 0 spiro atoms. The molecule has 1 aromatic carbocycles. The van der Waals surface area contributed by atoms with E-state index in [-0.39, 0.29) is 5.82 Å². The number of rotatable bonds is 2. The van der Waals surface area contributed by atoms with Crippen molar-refractivity contribution >= 4 is 0 Å². The van der Waals surface area contributed by atoms with Gasteiger partial charge in [0.25, 0.3) is 0 Å². The van der Waals surface area contributed by atoms with Crippen molar-refractivity contribution in [1.29, 1.82) is 0 Å². The summed E-state index contributed by atoms with van der Waals surface area (Å²) >= 11 is 0. The summed E-state index contributed by atoms with van der Waals surface area (Å²) in [6.07, 6.45) is 1.77. The fourth-order valence-electron chi connectivity index (χ4n) is 1.56. The molecule has 0 aliphatic rings. The van der Waals surface area contributed by atoms with Crippen molar-refractivity contribution in [2.45, 2.75) is 20.4 Å². The summed E-state index contributed by atoms with van der Waals surface area (Å²) in [5.41, 5.74) is 3.17. The molecule has 0 amide bonds. The van der Waals surface area contributed by atoms with Crippen LogP contribution >= 0.6 is 0 Å². The van der Waals surface area contributed by atoms with Crippen molar-refractivity contribution in [3.8, 4) is 0 Å². The maximum absolute atomic E-state index is 12.9. The fourth-order valence-corrected chi connectivity index (χ4v) is 1.56. The van der Waals surface area contributed by atoms with Gasteiger partial charge in [0, 0.05) is 11.9 Å². The molecule has 0 aliphatic heterocycles. The molecule has 0 unspecified atom stereocenters. The van der Waals surface area contributed by atoms with E-state index < -0.39 is 0 Å². The maximum Gasteiger partial charge on any atom is 0.123 e. The van der Waals surface area contributed by atoms with Crippen molar-refractivity contribution in [1.82, 2.24) is 9.78 Å². The van der Waals surface area contributed by atoms with Crippen LogP contribution in [0.15, 0.2) is 30.5 Å². The second-order valence-electron chi connectivity index (χ2n) is 3.70. The molecule has 2 rings (SSSR count). The summed E-state index contributed by atoms with van der Waals surface area (Å²) in [7, 11) is 0. The number of aromatic nitrogens is 2. The van der Waals surface area contributed by atoms with Crippen LogP contribution in [-0.4, -0.2) is 9.78 Å². The molecular weight excluding hydrogens is 191 g/mol. The fraction of sp³-hybridized carbons (Fsp3) is 0.250. The van der Waals surface area contributed by atoms with Gasteiger partial charge in [-0.2, -0.15) is 5.10 Å². The van der Waals surface area contributed by atoms with E-state index in [1.807, 2.05) is 30.7 Å². The van der Waals surface area contributed by atoms with Gasteiger partial charge >= 0.3 is 0 Å². The molecule has 78 valence electrons. The number of halogens is 1. The number of hydrogen-bond acceptors (Lipinski definition) is 1. The van der Waals surface area contributed by atoms with Gasteiger partial charge in [-0.3, -0.25) is 4.68 Å². The van der Waals surface area contributed by atoms with Gasteiger partial charge in [-0.15, -0.1) is 0 Å². The largest absolute Gasteiger partial charge is 0.265 e. The number of aryl methyl sites for hydroxylation is 2. The highest BCUT2D eigenvalue weighted by Gasteiger charge is 2.03. The first-order chi connectivity index (χ1) is 7.16. The molecule has 0 radical (unpaired) electrons. The molecule has 15 heavy (non-hydrogen) atoms. The number of benzene rings is 1. The topological polar surface area (TPSA) is 17.8 Å². The van der Waals surface area contributed by atoms with Gasteiger partial charge in [0.05, 0.1) is 6.54 Å². The molecule has 0 N–H and O–H groups in total. The van der Waals surface area contributed by atoms with Crippen LogP contribution in [0.3, 0.4) is 0 Å². The molecule has 0 bridgehead atoms. The second-order valence-corrected chi connectivity index (χ2v) is 3.70. The predicted octanol–water partition coefficient (Wildman–Crippen LogP) is 2.69. The van der Waals surface area contributed by atoms with Gasteiger partial charge in [-0.1, -0.05) is 6.07 Å². The highest BCUT2D eigenvalue weighted by molar-refractivity contribution is 5.26. The molecule has 0 atom stereocenters.